The fourth-order valence-electron chi connectivity index (χ4n) is 2.61. The number of hydrogen-bond donors (Lipinski definition) is 1. The van der Waals surface area contributed by atoms with Crippen molar-refractivity contribution in [3.05, 3.63) is 24.2 Å². The van der Waals surface area contributed by atoms with E-state index in [9.17, 15) is 9.59 Å². The largest absolute Gasteiger partial charge is 0.481 e. The zero-order valence-corrected chi connectivity index (χ0v) is 11.6. The Kier molecular flexibility index (Phi) is 4.65. The molecule has 1 fully saturated rings. The van der Waals surface area contributed by atoms with E-state index in [0.717, 1.165) is 24.8 Å². The van der Waals surface area contributed by atoms with Crippen LogP contribution in [0.25, 0.3) is 0 Å². The van der Waals surface area contributed by atoms with Crippen LogP contribution in [0.3, 0.4) is 0 Å². The van der Waals surface area contributed by atoms with Crippen molar-refractivity contribution in [3.8, 4) is 0 Å². The van der Waals surface area contributed by atoms with Crippen molar-refractivity contribution in [2.24, 2.45) is 0 Å². The maximum absolute atomic E-state index is 12.4. The zero-order valence-electron chi connectivity index (χ0n) is 11.6. The van der Waals surface area contributed by atoms with Crippen LogP contribution in [0.4, 0.5) is 4.79 Å². The SMILES string of the molecule is CN(Cc1ccoc1)C(=O)N1CCCCC1CC(=O)O. The topological polar surface area (TPSA) is 74.0 Å². The van der Waals surface area contributed by atoms with Gasteiger partial charge in [-0.2, -0.15) is 0 Å². The molecule has 20 heavy (non-hydrogen) atoms. The monoisotopic (exact) mass is 280 g/mol. The van der Waals surface area contributed by atoms with E-state index >= 15 is 0 Å². The second kappa shape index (κ2) is 6.45. The molecule has 6 nitrogen and oxygen atoms in total. The molecule has 0 bridgehead atoms. The van der Waals surface area contributed by atoms with Crippen LogP contribution >= 0.6 is 0 Å². The summed E-state index contributed by atoms with van der Waals surface area (Å²) in [6.07, 6.45) is 5.87. The average Bonchev–Trinajstić information content (AvgIpc) is 2.90. The fraction of sp³-hybridized carbons (Fsp3) is 0.571. The number of aliphatic carboxylic acids is 1. The van der Waals surface area contributed by atoms with Gasteiger partial charge in [0.2, 0.25) is 0 Å². The molecule has 0 radical (unpaired) electrons. The number of nitrogens with zero attached hydrogens (tertiary/aromatic N) is 2. The second-order valence-corrected chi connectivity index (χ2v) is 5.21. The number of hydrogen-bond acceptors (Lipinski definition) is 3. The summed E-state index contributed by atoms with van der Waals surface area (Å²) >= 11 is 0. The number of carbonyl (C=O) groups excluding carboxylic acids is 1. The van der Waals surface area contributed by atoms with Crippen LogP contribution in [0, 0.1) is 0 Å². The van der Waals surface area contributed by atoms with E-state index in [-0.39, 0.29) is 18.5 Å². The molecule has 110 valence electrons. The third-order valence-electron chi connectivity index (χ3n) is 3.61. The van der Waals surface area contributed by atoms with E-state index in [2.05, 4.69) is 0 Å². The van der Waals surface area contributed by atoms with Crippen LogP contribution in [0.5, 0.6) is 0 Å². The van der Waals surface area contributed by atoms with Crippen molar-refractivity contribution in [1.82, 2.24) is 9.80 Å². The molecule has 1 aliphatic rings. The lowest BCUT2D eigenvalue weighted by atomic mass is 10.00. The summed E-state index contributed by atoms with van der Waals surface area (Å²) in [5.41, 5.74) is 0.924. The van der Waals surface area contributed by atoms with Crippen molar-refractivity contribution < 1.29 is 19.1 Å². The smallest absolute Gasteiger partial charge is 0.320 e. The molecule has 1 aliphatic heterocycles. The van der Waals surface area contributed by atoms with Crippen LogP contribution in [0.1, 0.15) is 31.2 Å². The third-order valence-corrected chi connectivity index (χ3v) is 3.61. The minimum absolute atomic E-state index is 0.0191. The summed E-state index contributed by atoms with van der Waals surface area (Å²) in [5, 5.41) is 8.95. The minimum Gasteiger partial charge on any atom is -0.481 e. The van der Waals surface area contributed by atoms with Gasteiger partial charge in [0.05, 0.1) is 25.5 Å². The van der Waals surface area contributed by atoms with Gasteiger partial charge in [0.25, 0.3) is 0 Å². The zero-order chi connectivity index (χ0) is 14.5. The van der Waals surface area contributed by atoms with Crippen LogP contribution in [-0.2, 0) is 11.3 Å². The highest BCUT2D eigenvalue weighted by Gasteiger charge is 2.30. The number of furan rings is 1. The molecular formula is C14H20N2O4. The first kappa shape index (κ1) is 14.4. The average molecular weight is 280 g/mol. The highest BCUT2D eigenvalue weighted by molar-refractivity contribution is 5.76. The highest BCUT2D eigenvalue weighted by atomic mass is 16.4. The number of likely N-dealkylation sites (tertiary alicyclic amines) is 1. The Labute approximate surface area is 118 Å². The number of rotatable bonds is 4. The number of carbonyl (C=O) groups is 2. The molecule has 1 aromatic heterocycles. The number of carboxylic acids is 1. The lowest BCUT2D eigenvalue weighted by Crippen LogP contribution is -2.49. The Morgan fingerprint density at radius 1 is 1.50 bits per heavy atom. The van der Waals surface area contributed by atoms with Gasteiger partial charge in [-0.05, 0) is 25.3 Å². The summed E-state index contributed by atoms with van der Waals surface area (Å²) in [6.45, 7) is 1.10. The first-order chi connectivity index (χ1) is 9.58. The molecule has 0 aromatic carbocycles. The van der Waals surface area contributed by atoms with Gasteiger partial charge in [0.1, 0.15) is 0 Å². The van der Waals surface area contributed by atoms with Gasteiger partial charge in [-0.1, -0.05) is 0 Å². The maximum Gasteiger partial charge on any atom is 0.320 e. The van der Waals surface area contributed by atoms with E-state index < -0.39 is 5.97 Å². The number of piperidine rings is 1. The Morgan fingerprint density at radius 2 is 2.30 bits per heavy atom. The normalized spacial score (nSPS) is 18.9. The van der Waals surface area contributed by atoms with E-state index in [1.165, 1.54) is 0 Å². The lowest BCUT2D eigenvalue weighted by Gasteiger charge is -2.37. The van der Waals surface area contributed by atoms with E-state index in [4.69, 9.17) is 9.52 Å². The summed E-state index contributed by atoms with van der Waals surface area (Å²) in [5.74, 6) is -0.854. The molecule has 2 heterocycles. The van der Waals surface area contributed by atoms with Gasteiger partial charge in [-0.3, -0.25) is 4.79 Å². The van der Waals surface area contributed by atoms with Crippen LogP contribution in [-0.4, -0.2) is 46.5 Å². The van der Waals surface area contributed by atoms with Crippen LogP contribution in [0.15, 0.2) is 23.0 Å². The molecule has 1 unspecified atom stereocenters. The van der Waals surface area contributed by atoms with Crippen molar-refractivity contribution in [2.75, 3.05) is 13.6 Å². The number of carboxylic acid groups (broad SMARTS) is 1. The van der Waals surface area contributed by atoms with Gasteiger partial charge in [0, 0.05) is 25.2 Å². The fourth-order valence-corrected chi connectivity index (χ4v) is 2.61. The van der Waals surface area contributed by atoms with E-state index in [0.29, 0.717) is 13.1 Å². The third kappa shape index (κ3) is 3.53. The van der Waals surface area contributed by atoms with Crippen LogP contribution in [0.2, 0.25) is 0 Å². The molecule has 1 N–H and O–H groups in total. The Morgan fingerprint density at radius 3 is 2.95 bits per heavy atom. The summed E-state index contributed by atoms with van der Waals surface area (Å²) in [7, 11) is 1.72. The van der Waals surface area contributed by atoms with E-state index in [1.807, 2.05) is 6.07 Å². The van der Waals surface area contributed by atoms with Crippen molar-refractivity contribution in [3.63, 3.8) is 0 Å². The molecule has 1 saturated heterocycles. The van der Waals surface area contributed by atoms with Gasteiger partial charge in [0.15, 0.2) is 0 Å². The standard InChI is InChI=1S/C14H20N2O4/c1-15(9-11-5-7-20-10-11)14(19)16-6-3-2-4-12(16)8-13(17)18/h5,7,10,12H,2-4,6,8-9H2,1H3,(H,17,18). The molecule has 0 saturated carbocycles. The summed E-state index contributed by atoms with van der Waals surface area (Å²) in [4.78, 5) is 26.6. The molecule has 1 aromatic rings. The molecule has 1 atom stereocenters. The number of amides is 2. The Bertz CT molecular complexity index is 458. The van der Waals surface area contributed by atoms with Gasteiger partial charge in [-0.25, -0.2) is 4.79 Å². The molecule has 2 amide bonds. The first-order valence-corrected chi connectivity index (χ1v) is 6.82. The maximum atomic E-state index is 12.4. The van der Waals surface area contributed by atoms with Crippen molar-refractivity contribution in [2.45, 2.75) is 38.3 Å². The Hall–Kier alpha value is -1.98. The summed E-state index contributed by atoms with van der Waals surface area (Å²) < 4.78 is 4.99. The second-order valence-electron chi connectivity index (χ2n) is 5.21. The summed E-state index contributed by atoms with van der Waals surface area (Å²) in [6, 6.07) is 1.51. The van der Waals surface area contributed by atoms with Crippen LogP contribution < -0.4 is 0 Å². The minimum atomic E-state index is -0.854. The molecular weight excluding hydrogens is 260 g/mol. The molecule has 0 spiro atoms. The van der Waals surface area contributed by atoms with Gasteiger partial charge in [-0.15, -0.1) is 0 Å². The van der Waals surface area contributed by atoms with Gasteiger partial charge < -0.3 is 19.3 Å². The van der Waals surface area contributed by atoms with Crippen molar-refractivity contribution in [1.29, 1.82) is 0 Å². The predicted molar refractivity (Wildman–Crippen MR) is 72.2 cm³/mol. The van der Waals surface area contributed by atoms with Crippen molar-refractivity contribution >= 4 is 12.0 Å². The highest BCUT2D eigenvalue weighted by Crippen LogP contribution is 2.21. The lowest BCUT2D eigenvalue weighted by molar-refractivity contribution is -0.138. The molecule has 0 aliphatic carbocycles. The molecule has 2 rings (SSSR count). The Balaban J connectivity index is 1.99. The number of urea groups is 1. The van der Waals surface area contributed by atoms with E-state index in [1.54, 1.807) is 29.4 Å². The first-order valence-electron chi connectivity index (χ1n) is 6.82. The van der Waals surface area contributed by atoms with Gasteiger partial charge >= 0.3 is 12.0 Å². The quantitative estimate of drug-likeness (QED) is 0.917. The molecule has 6 heteroatoms. The predicted octanol–water partition coefficient (Wildman–Crippen LogP) is 2.16.